The van der Waals surface area contributed by atoms with Crippen LogP contribution in [-0.4, -0.2) is 19.9 Å². The maximum absolute atomic E-state index is 12.7. The summed E-state index contributed by atoms with van der Waals surface area (Å²) >= 11 is 1.27. The monoisotopic (exact) mass is 347 g/mol. The number of carbonyl (C=O) groups is 1. The Hall–Kier alpha value is -3.10. The van der Waals surface area contributed by atoms with Crippen LogP contribution in [0.4, 0.5) is 11.4 Å². The second kappa shape index (κ2) is 6.80. The molecule has 3 aromatic rings. The predicted molar refractivity (Wildman–Crippen MR) is 103 cm³/mol. The molecule has 0 saturated heterocycles. The van der Waals surface area contributed by atoms with Crippen molar-refractivity contribution in [2.75, 3.05) is 24.7 Å². The molecule has 0 amide bonds. The molecule has 25 heavy (non-hydrogen) atoms. The van der Waals surface area contributed by atoms with Crippen LogP contribution in [0.2, 0.25) is 0 Å². The molecule has 0 fully saturated rings. The Morgan fingerprint density at radius 1 is 1.08 bits per heavy atom. The van der Waals surface area contributed by atoms with Crippen LogP contribution in [0.5, 0.6) is 0 Å². The first-order chi connectivity index (χ1) is 12.0. The predicted octanol–water partition coefficient (Wildman–Crippen LogP) is 4.17. The minimum atomic E-state index is -0.157. The van der Waals surface area contributed by atoms with Gasteiger partial charge in [-0.3, -0.25) is 4.79 Å². The summed E-state index contributed by atoms with van der Waals surface area (Å²) in [5, 5.41) is 9.53. The van der Waals surface area contributed by atoms with E-state index in [9.17, 15) is 10.1 Å². The molecule has 4 nitrogen and oxygen atoms in total. The molecule has 2 N–H and O–H groups in total. The Labute approximate surface area is 150 Å². The first-order valence-corrected chi connectivity index (χ1v) is 8.54. The molecule has 1 aromatic heterocycles. The molecule has 0 aliphatic heterocycles. The number of nitrogens with zero attached hydrogens (tertiary/aromatic N) is 2. The van der Waals surface area contributed by atoms with Crippen molar-refractivity contribution in [1.29, 1.82) is 5.26 Å². The highest BCUT2D eigenvalue weighted by Crippen LogP contribution is 2.39. The number of nitrogen functional groups attached to an aromatic ring is 1. The topological polar surface area (TPSA) is 70.1 Å². The van der Waals surface area contributed by atoms with Crippen molar-refractivity contribution in [3.8, 4) is 16.5 Å². The molecule has 0 atom stereocenters. The molecular weight excluding hydrogens is 330 g/mol. The average molecular weight is 347 g/mol. The number of rotatable bonds is 4. The van der Waals surface area contributed by atoms with E-state index >= 15 is 0 Å². The number of hydrogen-bond donors (Lipinski definition) is 1. The van der Waals surface area contributed by atoms with Gasteiger partial charge in [-0.2, -0.15) is 5.26 Å². The highest BCUT2D eigenvalue weighted by Gasteiger charge is 2.22. The Morgan fingerprint density at radius 2 is 1.72 bits per heavy atom. The van der Waals surface area contributed by atoms with Crippen LogP contribution >= 0.6 is 11.3 Å². The summed E-state index contributed by atoms with van der Waals surface area (Å²) in [6.45, 7) is 0. The molecule has 5 heteroatoms. The largest absolute Gasteiger partial charge is 0.396 e. The summed E-state index contributed by atoms with van der Waals surface area (Å²) in [7, 11) is 3.94. The standard InChI is InChI=1S/C20H17N3OS/c1-23(2)15-10-8-14(9-11-15)19-16(12-21)17(22)20(25-19)18(24)13-6-4-3-5-7-13/h3-11H,22H2,1-2H3. The molecule has 0 bridgehead atoms. The number of nitrogens with two attached hydrogens (primary N) is 1. The molecule has 0 radical (unpaired) electrons. The van der Waals surface area contributed by atoms with Gasteiger partial charge in [0.2, 0.25) is 5.78 Å². The van der Waals surface area contributed by atoms with Crippen LogP contribution in [0.15, 0.2) is 54.6 Å². The highest BCUT2D eigenvalue weighted by atomic mass is 32.1. The fourth-order valence-electron chi connectivity index (χ4n) is 2.56. The van der Waals surface area contributed by atoms with Crippen LogP contribution in [-0.2, 0) is 0 Å². The summed E-state index contributed by atoms with van der Waals surface area (Å²) in [6.07, 6.45) is 0. The molecular formula is C20H17N3OS. The van der Waals surface area contributed by atoms with E-state index in [4.69, 9.17) is 5.73 Å². The molecule has 0 aliphatic rings. The van der Waals surface area contributed by atoms with Crippen molar-refractivity contribution in [3.63, 3.8) is 0 Å². The molecule has 0 saturated carbocycles. The third kappa shape index (κ3) is 3.12. The second-order valence-corrected chi connectivity index (χ2v) is 6.82. The number of benzene rings is 2. The van der Waals surface area contributed by atoms with E-state index in [1.54, 1.807) is 12.1 Å². The summed E-state index contributed by atoms with van der Waals surface area (Å²) in [5.74, 6) is -0.157. The molecule has 0 spiro atoms. The van der Waals surface area contributed by atoms with E-state index in [0.29, 0.717) is 16.0 Å². The van der Waals surface area contributed by atoms with Crippen molar-refractivity contribution in [2.24, 2.45) is 0 Å². The van der Waals surface area contributed by atoms with Crippen molar-refractivity contribution in [1.82, 2.24) is 0 Å². The third-order valence-corrected chi connectivity index (χ3v) is 5.20. The molecule has 124 valence electrons. The van der Waals surface area contributed by atoms with E-state index in [-0.39, 0.29) is 11.5 Å². The number of nitriles is 1. The maximum Gasteiger partial charge on any atom is 0.205 e. The van der Waals surface area contributed by atoms with Gasteiger partial charge >= 0.3 is 0 Å². The van der Waals surface area contributed by atoms with Crippen molar-refractivity contribution >= 4 is 28.5 Å². The Morgan fingerprint density at radius 3 is 2.28 bits per heavy atom. The number of ketones is 1. The fraction of sp³-hybridized carbons (Fsp3) is 0.100. The molecule has 2 aromatic carbocycles. The van der Waals surface area contributed by atoms with Crippen LogP contribution in [0.1, 0.15) is 20.8 Å². The van der Waals surface area contributed by atoms with Gasteiger partial charge < -0.3 is 10.6 Å². The SMILES string of the molecule is CN(C)c1ccc(-c2sc(C(=O)c3ccccc3)c(N)c2C#N)cc1. The summed E-state index contributed by atoms with van der Waals surface area (Å²) in [6, 6.07) is 19.0. The molecule has 3 rings (SSSR count). The lowest BCUT2D eigenvalue weighted by atomic mass is 10.1. The Kier molecular flexibility index (Phi) is 4.55. The minimum Gasteiger partial charge on any atom is -0.396 e. The van der Waals surface area contributed by atoms with Gasteiger partial charge in [0.05, 0.1) is 21.0 Å². The first-order valence-electron chi connectivity index (χ1n) is 7.72. The average Bonchev–Trinajstić information content (AvgIpc) is 2.98. The zero-order valence-corrected chi connectivity index (χ0v) is 14.8. The first kappa shape index (κ1) is 16.7. The minimum absolute atomic E-state index is 0.157. The molecule has 0 unspecified atom stereocenters. The van der Waals surface area contributed by atoms with E-state index in [2.05, 4.69) is 6.07 Å². The van der Waals surface area contributed by atoms with Crippen LogP contribution in [0.3, 0.4) is 0 Å². The maximum atomic E-state index is 12.7. The third-order valence-electron chi connectivity index (χ3n) is 3.95. The van der Waals surface area contributed by atoms with Gasteiger partial charge in [-0.25, -0.2) is 0 Å². The van der Waals surface area contributed by atoms with Crippen LogP contribution in [0.25, 0.3) is 10.4 Å². The lowest BCUT2D eigenvalue weighted by molar-refractivity contribution is 0.104. The van der Waals surface area contributed by atoms with E-state index < -0.39 is 0 Å². The number of carbonyl (C=O) groups excluding carboxylic acids is 1. The summed E-state index contributed by atoms with van der Waals surface area (Å²) in [5.41, 5.74) is 9.25. The summed E-state index contributed by atoms with van der Waals surface area (Å²) in [4.78, 5) is 15.9. The number of thiophene rings is 1. The van der Waals surface area contributed by atoms with Crippen molar-refractivity contribution in [3.05, 3.63) is 70.6 Å². The van der Waals surface area contributed by atoms with Crippen LogP contribution in [0, 0.1) is 11.3 Å². The lowest BCUT2D eigenvalue weighted by Gasteiger charge is -2.12. The molecule has 0 aliphatic carbocycles. The van der Waals surface area contributed by atoms with Gasteiger partial charge in [0.1, 0.15) is 6.07 Å². The zero-order valence-electron chi connectivity index (χ0n) is 14.0. The van der Waals surface area contributed by atoms with E-state index in [1.165, 1.54) is 11.3 Å². The normalized spacial score (nSPS) is 10.3. The van der Waals surface area contributed by atoms with Crippen molar-refractivity contribution < 1.29 is 4.79 Å². The van der Waals surface area contributed by atoms with Gasteiger partial charge in [0, 0.05) is 25.3 Å². The fourth-order valence-corrected chi connectivity index (χ4v) is 3.70. The lowest BCUT2D eigenvalue weighted by Crippen LogP contribution is -2.07. The van der Waals surface area contributed by atoms with Gasteiger partial charge in [-0.15, -0.1) is 11.3 Å². The van der Waals surface area contributed by atoms with Gasteiger partial charge in [-0.05, 0) is 17.7 Å². The number of anilines is 2. The number of hydrogen-bond acceptors (Lipinski definition) is 5. The summed E-state index contributed by atoms with van der Waals surface area (Å²) < 4.78 is 0. The van der Waals surface area contributed by atoms with E-state index in [1.807, 2.05) is 61.5 Å². The smallest absolute Gasteiger partial charge is 0.205 e. The van der Waals surface area contributed by atoms with Gasteiger partial charge in [0.25, 0.3) is 0 Å². The van der Waals surface area contributed by atoms with Gasteiger partial charge in [-0.1, -0.05) is 42.5 Å². The zero-order chi connectivity index (χ0) is 18.0. The van der Waals surface area contributed by atoms with Crippen LogP contribution < -0.4 is 10.6 Å². The Bertz CT molecular complexity index is 951. The quantitative estimate of drug-likeness (QED) is 0.719. The second-order valence-electron chi connectivity index (χ2n) is 5.80. The van der Waals surface area contributed by atoms with Crippen molar-refractivity contribution in [2.45, 2.75) is 0 Å². The molecule has 1 heterocycles. The highest BCUT2D eigenvalue weighted by molar-refractivity contribution is 7.18. The Balaban J connectivity index is 2.07. The van der Waals surface area contributed by atoms with Gasteiger partial charge in [0.15, 0.2) is 0 Å². The van der Waals surface area contributed by atoms with E-state index in [0.717, 1.165) is 16.1 Å².